The van der Waals surface area contributed by atoms with Crippen LogP contribution >= 0.6 is 11.8 Å². The van der Waals surface area contributed by atoms with Crippen molar-refractivity contribution in [3.05, 3.63) is 41.7 Å². The van der Waals surface area contributed by atoms with E-state index in [0.29, 0.717) is 22.3 Å². The highest BCUT2D eigenvalue weighted by Gasteiger charge is 2.12. The summed E-state index contributed by atoms with van der Waals surface area (Å²) in [6.07, 6.45) is 0. The summed E-state index contributed by atoms with van der Waals surface area (Å²) in [5, 5.41) is 23.4. The van der Waals surface area contributed by atoms with Crippen molar-refractivity contribution in [2.45, 2.75) is 19.0 Å². The molecule has 3 rings (SSSR count). The van der Waals surface area contributed by atoms with Crippen molar-refractivity contribution in [3.63, 3.8) is 0 Å². The number of nitrogens with one attached hydrogen (secondary N) is 1. The molecule has 0 fully saturated rings. The first-order chi connectivity index (χ1) is 12.1. The monoisotopic (exact) mass is 358 g/mol. The van der Waals surface area contributed by atoms with Gasteiger partial charge in [-0.2, -0.15) is 9.78 Å². The number of thioether (sulfide) groups is 1. The zero-order valence-electron chi connectivity index (χ0n) is 13.4. The minimum atomic E-state index is -0.291. The summed E-state index contributed by atoms with van der Waals surface area (Å²) in [6, 6.07) is 9.43. The number of hydrazone groups is 1. The van der Waals surface area contributed by atoms with Crippen molar-refractivity contribution >= 4 is 23.4 Å². The molecular weight excluding hydrogens is 344 g/mol. The zero-order chi connectivity index (χ0) is 17.6. The number of carbonyl (C=O) groups excluding carboxylic acids is 1. The lowest BCUT2D eigenvalue weighted by atomic mass is 10.2. The molecule has 0 aliphatic rings. The highest BCUT2D eigenvalue weighted by molar-refractivity contribution is 7.99. The van der Waals surface area contributed by atoms with Crippen molar-refractivity contribution in [3.8, 4) is 5.69 Å². The Kier molecular flexibility index (Phi) is 5.14. The van der Waals surface area contributed by atoms with Crippen LogP contribution in [0.4, 0.5) is 0 Å². The molecule has 0 spiro atoms. The maximum Gasteiger partial charge on any atom is 0.250 e. The average Bonchev–Trinajstić information content (AvgIpc) is 3.27. The predicted molar refractivity (Wildman–Crippen MR) is 89.3 cm³/mol. The van der Waals surface area contributed by atoms with Gasteiger partial charge in [0.15, 0.2) is 5.69 Å². The molecule has 1 amide bonds. The van der Waals surface area contributed by atoms with Gasteiger partial charge in [0.05, 0.1) is 17.2 Å². The van der Waals surface area contributed by atoms with Crippen LogP contribution in [0.1, 0.15) is 18.3 Å². The van der Waals surface area contributed by atoms with E-state index in [1.807, 2.05) is 30.3 Å². The number of para-hydroxylation sites is 1. The van der Waals surface area contributed by atoms with Crippen LogP contribution in [0.25, 0.3) is 5.69 Å². The minimum absolute atomic E-state index is 0.111. The molecular formula is C14H14N8O2S. The summed E-state index contributed by atoms with van der Waals surface area (Å²) in [5.74, 6) is -0.180. The van der Waals surface area contributed by atoms with E-state index < -0.39 is 0 Å². The summed E-state index contributed by atoms with van der Waals surface area (Å²) in [5.41, 5.74) is 4.89. The van der Waals surface area contributed by atoms with E-state index in [9.17, 15) is 4.79 Å². The largest absolute Gasteiger partial charge is 0.272 e. The number of aryl methyl sites for hydroxylation is 1. The number of benzene rings is 1. The van der Waals surface area contributed by atoms with Gasteiger partial charge in [0, 0.05) is 0 Å². The SMILES string of the molecule is CC(=NNC(=O)CSc1nnnn1-c1ccccc1)c1nonc1C. The highest BCUT2D eigenvalue weighted by Crippen LogP contribution is 2.17. The highest BCUT2D eigenvalue weighted by atomic mass is 32.2. The van der Waals surface area contributed by atoms with Gasteiger partial charge in [0.1, 0.15) is 5.69 Å². The first kappa shape index (κ1) is 16.8. The number of rotatable bonds is 6. The maximum atomic E-state index is 12.0. The molecule has 1 N–H and O–H groups in total. The Labute approximate surface area is 146 Å². The van der Waals surface area contributed by atoms with Gasteiger partial charge in [-0.25, -0.2) is 10.1 Å². The van der Waals surface area contributed by atoms with E-state index in [4.69, 9.17) is 0 Å². The van der Waals surface area contributed by atoms with E-state index in [0.717, 1.165) is 5.69 Å². The van der Waals surface area contributed by atoms with Gasteiger partial charge in [0.2, 0.25) is 5.16 Å². The number of hydrogen-bond acceptors (Lipinski definition) is 9. The predicted octanol–water partition coefficient (Wildman–Crippen LogP) is 0.986. The molecule has 0 saturated carbocycles. The quantitative estimate of drug-likeness (QED) is 0.393. The van der Waals surface area contributed by atoms with Crippen LogP contribution in [0.15, 0.2) is 45.2 Å². The Morgan fingerprint density at radius 3 is 2.84 bits per heavy atom. The Bertz CT molecular complexity index is 889. The van der Waals surface area contributed by atoms with Gasteiger partial charge < -0.3 is 0 Å². The van der Waals surface area contributed by atoms with Crippen molar-refractivity contribution in [1.29, 1.82) is 0 Å². The molecule has 0 atom stereocenters. The summed E-state index contributed by atoms with van der Waals surface area (Å²) in [7, 11) is 0. The molecule has 0 bridgehead atoms. The fraction of sp³-hybridized carbons (Fsp3) is 0.214. The van der Waals surface area contributed by atoms with E-state index in [2.05, 4.69) is 41.0 Å². The molecule has 2 aromatic heterocycles. The van der Waals surface area contributed by atoms with Crippen LogP contribution in [0.2, 0.25) is 0 Å². The molecule has 0 aliphatic heterocycles. The Morgan fingerprint density at radius 2 is 2.12 bits per heavy atom. The third-order valence-corrected chi connectivity index (χ3v) is 4.04. The van der Waals surface area contributed by atoms with Crippen LogP contribution in [0.3, 0.4) is 0 Å². The molecule has 2 heterocycles. The second-order valence-electron chi connectivity index (χ2n) is 4.93. The molecule has 3 aromatic rings. The van der Waals surface area contributed by atoms with Crippen LogP contribution < -0.4 is 5.43 Å². The van der Waals surface area contributed by atoms with Crippen molar-refractivity contribution in [2.24, 2.45) is 5.10 Å². The number of carbonyl (C=O) groups is 1. The van der Waals surface area contributed by atoms with Crippen molar-refractivity contribution < 1.29 is 9.42 Å². The van der Waals surface area contributed by atoms with Gasteiger partial charge in [-0.15, -0.1) is 5.10 Å². The van der Waals surface area contributed by atoms with Crippen molar-refractivity contribution in [1.82, 2.24) is 35.9 Å². The standard InChI is InChI=1S/C14H14N8O2S/c1-9(13-10(2)18-24-19-13)15-16-12(23)8-25-14-17-20-21-22(14)11-6-4-3-5-7-11/h3-7H,8H2,1-2H3,(H,16,23). The minimum Gasteiger partial charge on any atom is -0.272 e. The fourth-order valence-electron chi connectivity index (χ4n) is 1.92. The Hall–Kier alpha value is -3.08. The third kappa shape index (κ3) is 4.07. The molecule has 0 aliphatic carbocycles. The molecule has 11 heteroatoms. The fourth-order valence-corrected chi connectivity index (χ4v) is 2.60. The number of tetrazole rings is 1. The van der Waals surface area contributed by atoms with E-state index in [1.165, 1.54) is 11.8 Å². The molecule has 128 valence electrons. The van der Waals surface area contributed by atoms with Gasteiger partial charge in [-0.3, -0.25) is 4.79 Å². The smallest absolute Gasteiger partial charge is 0.250 e. The average molecular weight is 358 g/mol. The van der Waals surface area contributed by atoms with Gasteiger partial charge >= 0.3 is 0 Å². The first-order valence-electron chi connectivity index (χ1n) is 7.24. The van der Waals surface area contributed by atoms with Crippen LogP contribution in [-0.4, -0.2) is 47.9 Å². The molecule has 0 unspecified atom stereocenters. The zero-order valence-corrected chi connectivity index (χ0v) is 14.3. The summed E-state index contributed by atoms with van der Waals surface area (Å²) in [4.78, 5) is 12.0. The summed E-state index contributed by atoms with van der Waals surface area (Å²) < 4.78 is 6.17. The topological polar surface area (TPSA) is 124 Å². The lowest BCUT2D eigenvalue weighted by Gasteiger charge is -2.03. The third-order valence-electron chi connectivity index (χ3n) is 3.12. The lowest BCUT2D eigenvalue weighted by molar-refractivity contribution is -0.118. The Balaban J connectivity index is 1.59. The normalized spacial score (nSPS) is 11.5. The van der Waals surface area contributed by atoms with Gasteiger partial charge in [-0.05, 0) is 41.6 Å². The number of hydrogen-bond donors (Lipinski definition) is 1. The maximum absolute atomic E-state index is 12.0. The Morgan fingerprint density at radius 1 is 1.32 bits per heavy atom. The summed E-state index contributed by atoms with van der Waals surface area (Å²) in [6.45, 7) is 3.45. The number of aromatic nitrogens is 6. The van der Waals surface area contributed by atoms with Crippen LogP contribution in [0.5, 0.6) is 0 Å². The van der Waals surface area contributed by atoms with E-state index in [1.54, 1.807) is 18.5 Å². The number of nitrogens with zero attached hydrogens (tertiary/aromatic N) is 7. The molecule has 1 aromatic carbocycles. The van der Waals surface area contributed by atoms with Crippen LogP contribution in [-0.2, 0) is 4.79 Å². The van der Waals surface area contributed by atoms with Crippen molar-refractivity contribution in [2.75, 3.05) is 5.75 Å². The van der Waals surface area contributed by atoms with Crippen LogP contribution in [0, 0.1) is 6.92 Å². The summed E-state index contributed by atoms with van der Waals surface area (Å²) >= 11 is 1.21. The molecule has 10 nitrogen and oxygen atoms in total. The van der Waals surface area contributed by atoms with Gasteiger partial charge in [0.25, 0.3) is 5.91 Å². The lowest BCUT2D eigenvalue weighted by Crippen LogP contribution is -2.21. The second kappa shape index (κ2) is 7.66. The molecule has 0 saturated heterocycles. The molecule has 0 radical (unpaired) electrons. The molecule has 25 heavy (non-hydrogen) atoms. The second-order valence-corrected chi connectivity index (χ2v) is 5.87. The number of amides is 1. The van der Waals surface area contributed by atoms with E-state index in [-0.39, 0.29) is 11.7 Å². The first-order valence-corrected chi connectivity index (χ1v) is 8.23. The van der Waals surface area contributed by atoms with Gasteiger partial charge in [-0.1, -0.05) is 35.1 Å². The van der Waals surface area contributed by atoms with E-state index >= 15 is 0 Å².